The van der Waals surface area contributed by atoms with Gasteiger partial charge < -0.3 is 10.5 Å². The highest BCUT2D eigenvalue weighted by atomic mass is 35.5. The van der Waals surface area contributed by atoms with Gasteiger partial charge in [0, 0.05) is 5.56 Å². The van der Waals surface area contributed by atoms with Crippen LogP contribution in [0.3, 0.4) is 0 Å². The molecule has 1 aromatic heterocycles. The molecule has 0 unspecified atom stereocenters. The van der Waals surface area contributed by atoms with E-state index in [4.69, 9.17) is 28.9 Å². The molecule has 0 atom stereocenters. The van der Waals surface area contributed by atoms with Crippen LogP contribution in [0.5, 0.6) is 0 Å². The van der Waals surface area contributed by atoms with Gasteiger partial charge in [0.15, 0.2) is 5.69 Å². The van der Waals surface area contributed by atoms with Crippen molar-refractivity contribution in [1.29, 1.82) is 0 Å². The predicted molar refractivity (Wildman–Crippen MR) is 92.2 cm³/mol. The van der Waals surface area contributed by atoms with Gasteiger partial charge in [-0.25, -0.2) is 9.78 Å². The number of ether oxygens (including phenoxy) is 1. The van der Waals surface area contributed by atoms with Crippen molar-refractivity contribution in [2.45, 2.75) is 11.1 Å². The summed E-state index contributed by atoms with van der Waals surface area (Å²) in [7, 11) is 1.14. The minimum atomic E-state index is -4.53. The second-order valence-electron chi connectivity index (χ2n) is 4.75. The van der Waals surface area contributed by atoms with E-state index in [9.17, 15) is 18.0 Å². The van der Waals surface area contributed by atoms with Crippen LogP contribution in [0.15, 0.2) is 23.1 Å². The van der Waals surface area contributed by atoms with Gasteiger partial charge >= 0.3 is 12.1 Å². The first-order chi connectivity index (χ1) is 11.6. The lowest BCUT2D eigenvalue weighted by Gasteiger charge is -2.16. The molecule has 0 saturated carbocycles. The molecule has 10 heteroatoms. The van der Waals surface area contributed by atoms with E-state index in [2.05, 4.69) is 9.72 Å². The van der Waals surface area contributed by atoms with Crippen molar-refractivity contribution in [3.63, 3.8) is 0 Å². The summed E-state index contributed by atoms with van der Waals surface area (Å²) in [6.07, 6.45) is -2.85. The topological polar surface area (TPSA) is 65.2 Å². The molecule has 0 saturated heterocycles. The van der Waals surface area contributed by atoms with Crippen molar-refractivity contribution in [3.05, 3.63) is 39.5 Å². The van der Waals surface area contributed by atoms with Crippen LogP contribution in [0, 0.1) is 0 Å². The average molecular weight is 411 g/mol. The molecule has 0 radical (unpaired) electrons. The van der Waals surface area contributed by atoms with E-state index in [1.54, 1.807) is 6.26 Å². The molecule has 0 amide bonds. The van der Waals surface area contributed by atoms with Crippen LogP contribution in [-0.2, 0) is 10.9 Å². The van der Waals surface area contributed by atoms with E-state index in [0.29, 0.717) is 4.90 Å². The summed E-state index contributed by atoms with van der Waals surface area (Å²) < 4.78 is 43.0. The normalized spacial score (nSPS) is 11.5. The Morgan fingerprint density at radius 1 is 1.32 bits per heavy atom. The lowest BCUT2D eigenvalue weighted by atomic mass is 10.1. The molecule has 0 aliphatic rings. The molecule has 0 bridgehead atoms. The smallest absolute Gasteiger partial charge is 0.416 e. The third-order valence-electron chi connectivity index (χ3n) is 3.26. The van der Waals surface area contributed by atoms with Gasteiger partial charge in [-0.3, -0.25) is 0 Å². The lowest BCUT2D eigenvalue weighted by molar-refractivity contribution is -0.137. The molecule has 2 rings (SSSR count). The number of esters is 1. The Labute approximate surface area is 155 Å². The molecule has 0 aliphatic heterocycles. The van der Waals surface area contributed by atoms with Gasteiger partial charge in [-0.05, 0) is 18.4 Å². The molecule has 2 aromatic rings. The molecule has 0 fully saturated rings. The maximum absolute atomic E-state index is 12.8. The van der Waals surface area contributed by atoms with Gasteiger partial charge in [0.25, 0.3) is 0 Å². The summed E-state index contributed by atoms with van der Waals surface area (Å²) in [5.74, 6) is -0.825. The number of hydrogen-bond acceptors (Lipinski definition) is 5. The van der Waals surface area contributed by atoms with E-state index in [1.807, 2.05) is 0 Å². The number of pyridine rings is 1. The number of thioether (sulfide) groups is 1. The fourth-order valence-corrected chi connectivity index (χ4v) is 3.28. The number of anilines is 1. The summed E-state index contributed by atoms with van der Waals surface area (Å²) >= 11 is 13.2. The van der Waals surface area contributed by atoms with Crippen LogP contribution in [0.1, 0.15) is 16.1 Å². The van der Waals surface area contributed by atoms with Gasteiger partial charge in [0.1, 0.15) is 0 Å². The zero-order valence-electron chi connectivity index (χ0n) is 12.9. The molecule has 0 aliphatic carbocycles. The number of benzene rings is 1. The van der Waals surface area contributed by atoms with Crippen LogP contribution in [0.25, 0.3) is 11.3 Å². The van der Waals surface area contributed by atoms with E-state index in [1.165, 1.54) is 17.8 Å². The van der Waals surface area contributed by atoms with E-state index in [-0.39, 0.29) is 32.7 Å². The first-order valence-electron chi connectivity index (χ1n) is 6.60. The second kappa shape index (κ2) is 7.31. The van der Waals surface area contributed by atoms with Crippen molar-refractivity contribution in [3.8, 4) is 11.3 Å². The zero-order valence-corrected chi connectivity index (χ0v) is 15.2. The van der Waals surface area contributed by atoms with Gasteiger partial charge in [-0.1, -0.05) is 29.3 Å². The highest BCUT2D eigenvalue weighted by Crippen LogP contribution is 2.42. The largest absolute Gasteiger partial charge is 0.464 e. The Balaban J connectivity index is 2.74. The minimum absolute atomic E-state index is 0.0653. The van der Waals surface area contributed by atoms with Crippen molar-refractivity contribution in [1.82, 2.24) is 4.98 Å². The minimum Gasteiger partial charge on any atom is -0.464 e. The molecule has 4 nitrogen and oxygen atoms in total. The van der Waals surface area contributed by atoms with Crippen LogP contribution in [-0.4, -0.2) is 24.3 Å². The SMILES string of the molecule is COC(=O)c1nc(-c2ccc(C(F)(F)F)cc2Cl)c(SC)c(N)c1Cl. The monoisotopic (exact) mass is 410 g/mol. The number of nitrogen functional groups attached to an aromatic ring is 1. The van der Waals surface area contributed by atoms with E-state index >= 15 is 0 Å². The lowest BCUT2D eigenvalue weighted by Crippen LogP contribution is -2.10. The van der Waals surface area contributed by atoms with Crippen molar-refractivity contribution < 1.29 is 22.7 Å². The van der Waals surface area contributed by atoms with Crippen LogP contribution >= 0.6 is 35.0 Å². The Kier molecular flexibility index (Phi) is 5.75. The van der Waals surface area contributed by atoms with Gasteiger partial charge in [0.2, 0.25) is 0 Å². The summed E-state index contributed by atoms with van der Waals surface area (Å²) in [5.41, 5.74) is 5.20. The first-order valence-corrected chi connectivity index (χ1v) is 8.58. The molecule has 2 N–H and O–H groups in total. The number of rotatable bonds is 3. The Bertz CT molecular complexity index is 845. The third-order valence-corrected chi connectivity index (χ3v) is 4.78. The van der Waals surface area contributed by atoms with Gasteiger partial charge in [-0.2, -0.15) is 13.2 Å². The number of aromatic nitrogens is 1. The maximum atomic E-state index is 12.8. The number of hydrogen-bond donors (Lipinski definition) is 1. The molecule has 1 aromatic carbocycles. The predicted octanol–water partition coefficient (Wildman–Crippen LogP) is 5.16. The van der Waals surface area contributed by atoms with Crippen molar-refractivity contribution in [2.24, 2.45) is 0 Å². The average Bonchev–Trinajstić information content (AvgIpc) is 2.55. The molecular formula is C15H11Cl2F3N2O2S. The Morgan fingerprint density at radius 3 is 2.44 bits per heavy atom. The number of nitrogens with two attached hydrogens (primary N) is 1. The molecular weight excluding hydrogens is 400 g/mol. The summed E-state index contributed by atoms with van der Waals surface area (Å²) in [6.45, 7) is 0. The summed E-state index contributed by atoms with van der Waals surface area (Å²) in [4.78, 5) is 16.3. The summed E-state index contributed by atoms with van der Waals surface area (Å²) in [6, 6.07) is 2.82. The molecule has 0 spiro atoms. The Hall–Kier alpha value is -1.64. The van der Waals surface area contributed by atoms with E-state index in [0.717, 1.165) is 19.2 Å². The maximum Gasteiger partial charge on any atom is 0.416 e. The molecule has 1 heterocycles. The standard InChI is InChI=1S/C15H11Cl2F3N2O2S/c1-24-14(23)12-9(17)10(21)13(25-2)11(22-12)7-4-3-6(5-8(7)16)15(18,19)20/h3-5H,1-2H3,(H2,21,22). The molecule has 25 heavy (non-hydrogen) atoms. The molecule has 134 valence electrons. The summed E-state index contributed by atoms with van der Waals surface area (Å²) in [5, 5.41) is -0.279. The third kappa shape index (κ3) is 3.80. The number of methoxy groups -OCH3 is 1. The number of halogens is 5. The number of nitrogens with zero attached hydrogens (tertiary/aromatic N) is 1. The quantitative estimate of drug-likeness (QED) is 0.558. The van der Waals surface area contributed by atoms with Gasteiger partial charge in [-0.15, -0.1) is 11.8 Å². The van der Waals surface area contributed by atoms with Crippen LogP contribution < -0.4 is 5.73 Å². The second-order valence-corrected chi connectivity index (χ2v) is 6.36. The highest BCUT2D eigenvalue weighted by molar-refractivity contribution is 7.98. The fraction of sp³-hybridized carbons (Fsp3) is 0.200. The van der Waals surface area contributed by atoms with E-state index < -0.39 is 17.7 Å². The fourth-order valence-electron chi connectivity index (χ4n) is 2.07. The van der Waals surface area contributed by atoms with Crippen molar-refractivity contribution in [2.75, 3.05) is 19.1 Å². The van der Waals surface area contributed by atoms with Crippen molar-refractivity contribution >= 4 is 46.6 Å². The number of carbonyl (C=O) groups excluding carboxylic acids is 1. The van der Waals surface area contributed by atoms with Crippen LogP contribution in [0.4, 0.5) is 18.9 Å². The van der Waals surface area contributed by atoms with Gasteiger partial charge in [0.05, 0.1) is 39.0 Å². The Morgan fingerprint density at radius 2 is 1.96 bits per heavy atom. The van der Waals surface area contributed by atoms with Crippen LogP contribution in [0.2, 0.25) is 10.0 Å². The number of alkyl halides is 3. The zero-order chi connectivity index (χ0) is 18.9. The highest BCUT2D eigenvalue weighted by Gasteiger charge is 2.31. The first kappa shape index (κ1) is 19.7. The number of carbonyl (C=O) groups is 1.